The molecule has 0 N–H and O–H groups in total. The van der Waals surface area contributed by atoms with E-state index in [1.807, 2.05) is 23.6 Å². The molecule has 158 valence electrons. The van der Waals surface area contributed by atoms with Gasteiger partial charge in [0.05, 0.1) is 12.6 Å². The van der Waals surface area contributed by atoms with Gasteiger partial charge in [-0.3, -0.25) is 0 Å². The lowest BCUT2D eigenvalue weighted by atomic mass is 9.64. The second-order valence-corrected chi connectivity index (χ2v) is 9.11. The largest absolute Gasteiger partial charge is 0.450 e. The number of hydrogen-bond donors (Lipinski definition) is 0. The fraction of sp³-hybridized carbons (Fsp3) is 0.905. The molecule has 3 aliphatic heterocycles. The van der Waals surface area contributed by atoms with Crippen LogP contribution in [0.15, 0.2) is 0 Å². The Kier molecular flexibility index (Phi) is 5.23. The van der Waals surface area contributed by atoms with Crippen LogP contribution in [-0.2, 0) is 9.47 Å². The molecule has 0 radical (unpaired) electrons. The molecular formula is C21H35N3O4. The van der Waals surface area contributed by atoms with Crippen molar-refractivity contribution in [3.63, 3.8) is 0 Å². The van der Waals surface area contributed by atoms with Gasteiger partial charge in [0, 0.05) is 51.6 Å². The number of amides is 2. The van der Waals surface area contributed by atoms with Crippen LogP contribution in [0.5, 0.6) is 0 Å². The number of rotatable bonds is 4. The minimum atomic E-state index is -0.284. The number of nitrogens with zero attached hydrogens (tertiary/aromatic N) is 3. The van der Waals surface area contributed by atoms with Crippen LogP contribution in [0, 0.1) is 5.41 Å². The lowest BCUT2D eigenvalue weighted by Crippen LogP contribution is -2.58. The van der Waals surface area contributed by atoms with Crippen LogP contribution >= 0.6 is 0 Å². The first-order valence-corrected chi connectivity index (χ1v) is 11.1. The molecule has 2 spiro atoms. The molecule has 4 rings (SSSR count). The highest BCUT2D eigenvalue weighted by Gasteiger charge is 2.56. The first-order valence-electron chi connectivity index (χ1n) is 11.1. The number of carbonyl (C=O) groups is 2. The molecule has 3 heterocycles. The van der Waals surface area contributed by atoms with E-state index in [0.29, 0.717) is 18.1 Å². The third kappa shape index (κ3) is 3.15. The van der Waals surface area contributed by atoms with Crippen molar-refractivity contribution >= 4 is 12.2 Å². The predicted octanol–water partition coefficient (Wildman–Crippen LogP) is 3.08. The number of ether oxygens (including phenoxy) is 2. The zero-order chi connectivity index (χ0) is 19.9. The van der Waals surface area contributed by atoms with Crippen molar-refractivity contribution in [2.45, 2.75) is 77.0 Å². The van der Waals surface area contributed by atoms with Gasteiger partial charge in [-0.1, -0.05) is 6.92 Å². The number of hydrogen-bond acceptors (Lipinski definition) is 5. The van der Waals surface area contributed by atoms with Gasteiger partial charge < -0.3 is 24.2 Å². The summed E-state index contributed by atoms with van der Waals surface area (Å²) < 4.78 is 11.1. The van der Waals surface area contributed by atoms with Gasteiger partial charge in [-0.2, -0.15) is 0 Å². The molecule has 1 atom stereocenters. The maximum atomic E-state index is 12.3. The van der Waals surface area contributed by atoms with E-state index < -0.39 is 0 Å². The van der Waals surface area contributed by atoms with Crippen molar-refractivity contribution in [3.8, 4) is 0 Å². The molecule has 1 unspecified atom stereocenters. The average molecular weight is 394 g/mol. The van der Waals surface area contributed by atoms with Crippen molar-refractivity contribution < 1.29 is 19.1 Å². The van der Waals surface area contributed by atoms with Crippen LogP contribution in [-0.4, -0.2) is 83.9 Å². The normalized spacial score (nSPS) is 34.8. The molecule has 4 aliphatic rings. The van der Waals surface area contributed by atoms with E-state index in [1.165, 1.54) is 12.8 Å². The van der Waals surface area contributed by atoms with Crippen molar-refractivity contribution in [1.82, 2.24) is 14.7 Å². The van der Waals surface area contributed by atoms with E-state index in [0.717, 1.165) is 58.4 Å². The minimum absolute atomic E-state index is 0.129. The Morgan fingerprint density at radius 3 is 2.46 bits per heavy atom. The quantitative estimate of drug-likeness (QED) is 0.734. The molecule has 7 heteroatoms. The highest BCUT2D eigenvalue weighted by atomic mass is 16.6. The van der Waals surface area contributed by atoms with Gasteiger partial charge in [0.15, 0.2) is 0 Å². The fourth-order valence-electron chi connectivity index (χ4n) is 6.19. The predicted molar refractivity (Wildman–Crippen MR) is 105 cm³/mol. The maximum Gasteiger partial charge on any atom is 0.410 e. The third-order valence-corrected chi connectivity index (χ3v) is 7.70. The van der Waals surface area contributed by atoms with Crippen LogP contribution in [0.2, 0.25) is 0 Å². The second kappa shape index (κ2) is 7.39. The van der Waals surface area contributed by atoms with Crippen LogP contribution in [0.1, 0.15) is 59.3 Å². The Balaban J connectivity index is 1.30. The summed E-state index contributed by atoms with van der Waals surface area (Å²) in [6.07, 6.45) is 5.99. The van der Waals surface area contributed by atoms with E-state index >= 15 is 0 Å². The molecule has 3 saturated heterocycles. The first kappa shape index (κ1) is 19.8. The van der Waals surface area contributed by atoms with Crippen molar-refractivity contribution in [2.75, 3.05) is 39.3 Å². The number of piperidine rings is 1. The number of likely N-dealkylation sites (tertiary alicyclic amines) is 2. The van der Waals surface area contributed by atoms with E-state index in [9.17, 15) is 9.59 Å². The third-order valence-electron chi connectivity index (χ3n) is 7.70. The fourth-order valence-corrected chi connectivity index (χ4v) is 6.19. The monoisotopic (exact) mass is 393 g/mol. The molecule has 0 aromatic carbocycles. The summed E-state index contributed by atoms with van der Waals surface area (Å²) in [5, 5.41) is 0. The van der Waals surface area contributed by atoms with Crippen LogP contribution in [0.3, 0.4) is 0 Å². The Morgan fingerprint density at radius 1 is 1.14 bits per heavy atom. The van der Waals surface area contributed by atoms with Crippen LogP contribution in [0.25, 0.3) is 0 Å². The molecular weight excluding hydrogens is 358 g/mol. The highest BCUT2D eigenvalue weighted by molar-refractivity contribution is 5.71. The van der Waals surface area contributed by atoms with E-state index in [-0.39, 0.29) is 23.8 Å². The van der Waals surface area contributed by atoms with Crippen molar-refractivity contribution in [2.24, 2.45) is 5.41 Å². The van der Waals surface area contributed by atoms with Gasteiger partial charge in [0.2, 0.25) is 0 Å². The summed E-state index contributed by atoms with van der Waals surface area (Å²) in [4.78, 5) is 30.7. The van der Waals surface area contributed by atoms with Gasteiger partial charge in [0.25, 0.3) is 0 Å². The maximum absolute atomic E-state index is 12.3. The summed E-state index contributed by atoms with van der Waals surface area (Å²) in [6, 6.07) is 0.826. The van der Waals surface area contributed by atoms with E-state index in [1.54, 1.807) is 0 Å². The van der Waals surface area contributed by atoms with Gasteiger partial charge in [0.1, 0.15) is 5.60 Å². The second-order valence-electron chi connectivity index (χ2n) is 9.11. The minimum Gasteiger partial charge on any atom is -0.450 e. The summed E-state index contributed by atoms with van der Waals surface area (Å²) >= 11 is 0. The van der Waals surface area contributed by atoms with Gasteiger partial charge >= 0.3 is 12.2 Å². The molecule has 2 amide bonds. The molecule has 4 fully saturated rings. The van der Waals surface area contributed by atoms with Crippen LogP contribution < -0.4 is 0 Å². The topological polar surface area (TPSA) is 62.3 Å². The molecule has 1 saturated carbocycles. The molecule has 7 nitrogen and oxygen atoms in total. The summed E-state index contributed by atoms with van der Waals surface area (Å²) in [5.74, 6) is 0. The van der Waals surface area contributed by atoms with Gasteiger partial charge in [-0.25, -0.2) is 9.59 Å². The zero-order valence-corrected chi connectivity index (χ0v) is 17.6. The Labute approximate surface area is 168 Å². The SMILES string of the molecule is CCOC(=O)N1CCC2(CC(N3CCC4(CC3)OC(=O)N(CC)C4CC)C2)C1. The van der Waals surface area contributed by atoms with E-state index in [2.05, 4.69) is 11.8 Å². The van der Waals surface area contributed by atoms with Gasteiger partial charge in [-0.15, -0.1) is 0 Å². The molecule has 28 heavy (non-hydrogen) atoms. The molecule has 0 bridgehead atoms. The number of carbonyl (C=O) groups excluding carboxylic acids is 2. The average Bonchev–Trinajstić information content (AvgIpc) is 3.21. The van der Waals surface area contributed by atoms with Crippen molar-refractivity contribution in [3.05, 3.63) is 0 Å². The lowest BCUT2D eigenvalue weighted by molar-refractivity contribution is -0.0635. The first-order chi connectivity index (χ1) is 13.5. The Morgan fingerprint density at radius 2 is 1.86 bits per heavy atom. The zero-order valence-electron chi connectivity index (χ0n) is 17.6. The van der Waals surface area contributed by atoms with Crippen molar-refractivity contribution in [1.29, 1.82) is 0 Å². The van der Waals surface area contributed by atoms with Gasteiger partial charge in [-0.05, 0) is 44.9 Å². The Bertz CT molecular complexity index is 611. The summed E-state index contributed by atoms with van der Waals surface area (Å²) in [7, 11) is 0. The Hall–Kier alpha value is -1.50. The summed E-state index contributed by atoms with van der Waals surface area (Å²) in [5.41, 5.74) is 0.0190. The molecule has 1 aliphatic carbocycles. The smallest absolute Gasteiger partial charge is 0.410 e. The molecule has 0 aromatic rings. The summed E-state index contributed by atoms with van der Waals surface area (Å²) in [6.45, 7) is 10.9. The molecule has 0 aromatic heterocycles. The lowest BCUT2D eigenvalue weighted by Gasteiger charge is -2.53. The highest BCUT2D eigenvalue weighted by Crippen LogP contribution is 2.51. The number of likely N-dealkylation sites (N-methyl/N-ethyl adjacent to an activating group) is 1. The van der Waals surface area contributed by atoms with E-state index in [4.69, 9.17) is 9.47 Å². The van der Waals surface area contributed by atoms with Crippen LogP contribution in [0.4, 0.5) is 9.59 Å². The standard InChI is InChI=1S/C21H35N3O4/c1-4-17-21(28-19(26)24(17)5-2)8-11-22(12-9-21)16-13-20(14-16)7-10-23(15-20)18(25)27-6-3/h16-17H,4-15H2,1-3H3.